The molecule has 0 amide bonds. The molecular formula is C41H27N5. The molecule has 0 unspecified atom stereocenters. The summed E-state index contributed by atoms with van der Waals surface area (Å²) in [5, 5.41) is 1.00. The highest BCUT2D eigenvalue weighted by molar-refractivity contribution is 5.96. The molecule has 0 spiro atoms. The molecule has 0 atom stereocenters. The fourth-order valence-corrected chi connectivity index (χ4v) is 5.75. The van der Waals surface area contributed by atoms with Gasteiger partial charge in [-0.3, -0.25) is 4.98 Å². The molecular weight excluding hydrogens is 562 g/mol. The Bertz CT molecular complexity index is 2270. The molecule has 3 aromatic heterocycles. The summed E-state index contributed by atoms with van der Waals surface area (Å²) in [6.07, 6.45) is 5.35. The fourth-order valence-electron chi connectivity index (χ4n) is 5.75. The van der Waals surface area contributed by atoms with E-state index in [2.05, 4.69) is 112 Å². The predicted octanol–water partition coefficient (Wildman–Crippen LogP) is 9.82. The van der Waals surface area contributed by atoms with Crippen LogP contribution in [0.3, 0.4) is 0 Å². The van der Waals surface area contributed by atoms with Crippen LogP contribution < -0.4 is 0 Å². The van der Waals surface area contributed by atoms with Gasteiger partial charge in [0.1, 0.15) is 0 Å². The second-order valence-corrected chi connectivity index (χ2v) is 11.0. The van der Waals surface area contributed by atoms with Crippen molar-refractivity contribution in [2.45, 2.75) is 0 Å². The number of nitrogens with zero attached hydrogens (tertiary/aromatic N) is 5. The third kappa shape index (κ3) is 5.42. The second kappa shape index (κ2) is 12.0. The van der Waals surface area contributed by atoms with Gasteiger partial charge in [0, 0.05) is 46.2 Å². The number of fused-ring (bicyclic) bond motifs is 1. The Balaban J connectivity index is 1.32. The molecule has 0 bridgehead atoms. The molecule has 8 aromatic rings. The van der Waals surface area contributed by atoms with Gasteiger partial charge in [-0.15, -0.1) is 0 Å². The zero-order valence-corrected chi connectivity index (χ0v) is 24.8. The average Bonchev–Trinajstić information content (AvgIpc) is 3.15. The third-order valence-electron chi connectivity index (χ3n) is 8.05. The summed E-state index contributed by atoms with van der Waals surface area (Å²) >= 11 is 0. The van der Waals surface area contributed by atoms with Gasteiger partial charge in [0.2, 0.25) is 0 Å². The zero-order chi connectivity index (χ0) is 30.7. The van der Waals surface area contributed by atoms with Gasteiger partial charge >= 0.3 is 0 Å². The number of aromatic nitrogens is 5. The second-order valence-electron chi connectivity index (χ2n) is 11.0. The predicted molar refractivity (Wildman–Crippen MR) is 186 cm³/mol. The SMILES string of the molecule is c1ccc(-c2ccc3c(-c4ccccc4)nc(-c4cc(-c5ccc(-c6ccccn6)cc5)cc(-c5ncccn5)c4)nc3c2)cc1. The van der Waals surface area contributed by atoms with Crippen LogP contribution in [-0.2, 0) is 0 Å². The topological polar surface area (TPSA) is 64.5 Å². The highest BCUT2D eigenvalue weighted by Crippen LogP contribution is 2.35. The highest BCUT2D eigenvalue weighted by Gasteiger charge is 2.16. The maximum Gasteiger partial charge on any atom is 0.160 e. The molecule has 0 N–H and O–H groups in total. The van der Waals surface area contributed by atoms with Crippen molar-refractivity contribution < 1.29 is 0 Å². The van der Waals surface area contributed by atoms with E-state index >= 15 is 0 Å². The molecule has 5 heteroatoms. The third-order valence-corrected chi connectivity index (χ3v) is 8.05. The van der Waals surface area contributed by atoms with Crippen molar-refractivity contribution >= 4 is 10.9 Å². The quantitative estimate of drug-likeness (QED) is 0.193. The average molecular weight is 590 g/mol. The van der Waals surface area contributed by atoms with E-state index in [4.69, 9.17) is 9.97 Å². The van der Waals surface area contributed by atoms with Crippen LogP contribution in [0.15, 0.2) is 164 Å². The van der Waals surface area contributed by atoms with Gasteiger partial charge in [0.25, 0.3) is 0 Å². The lowest BCUT2D eigenvalue weighted by Gasteiger charge is -2.13. The lowest BCUT2D eigenvalue weighted by atomic mass is 9.97. The van der Waals surface area contributed by atoms with Crippen LogP contribution in [0, 0.1) is 0 Å². The summed E-state index contributed by atoms with van der Waals surface area (Å²) in [6.45, 7) is 0. The zero-order valence-electron chi connectivity index (χ0n) is 24.8. The first kappa shape index (κ1) is 27.2. The van der Waals surface area contributed by atoms with E-state index in [1.165, 1.54) is 0 Å². The smallest absolute Gasteiger partial charge is 0.160 e. The summed E-state index contributed by atoms with van der Waals surface area (Å²) in [6, 6.07) is 49.7. The van der Waals surface area contributed by atoms with Crippen LogP contribution in [0.4, 0.5) is 0 Å². The first-order chi connectivity index (χ1) is 22.8. The highest BCUT2D eigenvalue weighted by atomic mass is 14.9. The lowest BCUT2D eigenvalue weighted by molar-refractivity contribution is 1.17. The number of pyridine rings is 1. The van der Waals surface area contributed by atoms with Crippen molar-refractivity contribution in [3.05, 3.63) is 164 Å². The van der Waals surface area contributed by atoms with Crippen LogP contribution in [0.5, 0.6) is 0 Å². The Labute approximate surface area is 267 Å². The summed E-state index contributed by atoms with van der Waals surface area (Å²) in [4.78, 5) is 24.0. The monoisotopic (exact) mass is 589 g/mol. The van der Waals surface area contributed by atoms with Gasteiger partial charge in [-0.05, 0) is 70.8 Å². The molecule has 0 aliphatic rings. The minimum Gasteiger partial charge on any atom is -0.256 e. The van der Waals surface area contributed by atoms with Gasteiger partial charge < -0.3 is 0 Å². The molecule has 5 aromatic carbocycles. The fraction of sp³-hybridized carbons (Fsp3) is 0. The minimum absolute atomic E-state index is 0.640. The van der Waals surface area contributed by atoms with Crippen LogP contribution in [0.1, 0.15) is 0 Å². The Morgan fingerprint density at radius 2 is 0.913 bits per heavy atom. The van der Waals surface area contributed by atoms with Crippen molar-refractivity contribution in [3.63, 3.8) is 0 Å². The Hall–Kier alpha value is -6.33. The van der Waals surface area contributed by atoms with Gasteiger partial charge in [-0.25, -0.2) is 19.9 Å². The molecule has 0 fully saturated rings. The van der Waals surface area contributed by atoms with Gasteiger partial charge in [0.05, 0.1) is 16.9 Å². The molecule has 216 valence electrons. The summed E-state index contributed by atoms with van der Waals surface area (Å²) < 4.78 is 0. The Kier molecular flexibility index (Phi) is 7.09. The normalized spacial score (nSPS) is 11.0. The minimum atomic E-state index is 0.640. The first-order valence-corrected chi connectivity index (χ1v) is 15.2. The van der Waals surface area contributed by atoms with E-state index in [-0.39, 0.29) is 0 Å². The van der Waals surface area contributed by atoms with E-state index in [1.807, 2.05) is 54.7 Å². The van der Waals surface area contributed by atoms with Gasteiger partial charge in [-0.1, -0.05) is 97.1 Å². The maximum absolute atomic E-state index is 5.21. The van der Waals surface area contributed by atoms with Crippen molar-refractivity contribution in [2.75, 3.05) is 0 Å². The molecule has 5 nitrogen and oxygen atoms in total. The van der Waals surface area contributed by atoms with Crippen molar-refractivity contribution in [3.8, 4) is 67.5 Å². The lowest BCUT2D eigenvalue weighted by Crippen LogP contribution is -1.97. The standard InChI is InChI=1S/C41H27N5/c1-3-10-28(11-4-1)32-19-20-36-38(27-32)45-41(46-39(36)31-12-5-2-6-13-31)35-25-33(24-34(26-35)40-43-22-9-23-44-40)29-15-17-30(18-16-29)37-14-7-8-21-42-37/h1-27H. The summed E-state index contributed by atoms with van der Waals surface area (Å²) in [5.41, 5.74) is 10.9. The molecule has 46 heavy (non-hydrogen) atoms. The molecule has 0 saturated carbocycles. The van der Waals surface area contributed by atoms with Crippen molar-refractivity contribution in [1.29, 1.82) is 0 Å². The van der Waals surface area contributed by atoms with Crippen molar-refractivity contribution in [2.24, 2.45) is 0 Å². The van der Waals surface area contributed by atoms with Crippen molar-refractivity contribution in [1.82, 2.24) is 24.9 Å². The van der Waals surface area contributed by atoms with E-state index in [1.54, 1.807) is 12.4 Å². The van der Waals surface area contributed by atoms with Crippen LogP contribution in [0.2, 0.25) is 0 Å². The Morgan fingerprint density at radius 3 is 1.63 bits per heavy atom. The Morgan fingerprint density at radius 1 is 0.326 bits per heavy atom. The summed E-state index contributed by atoms with van der Waals surface area (Å²) in [7, 11) is 0. The van der Waals surface area contributed by atoms with Gasteiger partial charge in [0.15, 0.2) is 11.6 Å². The number of benzene rings is 5. The van der Waals surface area contributed by atoms with Crippen LogP contribution >= 0.6 is 0 Å². The molecule has 0 saturated heterocycles. The molecule has 3 heterocycles. The van der Waals surface area contributed by atoms with E-state index in [0.717, 1.165) is 66.8 Å². The number of hydrogen-bond acceptors (Lipinski definition) is 5. The van der Waals surface area contributed by atoms with Crippen LogP contribution in [0.25, 0.3) is 78.4 Å². The molecule has 0 aliphatic heterocycles. The first-order valence-electron chi connectivity index (χ1n) is 15.2. The van der Waals surface area contributed by atoms with E-state index in [9.17, 15) is 0 Å². The maximum atomic E-state index is 5.21. The number of rotatable bonds is 6. The van der Waals surface area contributed by atoms with E-state index < -0.39 is 0 Å². The van der Waals surface area contributed by atoms with Crippen LogP contribution in [-0.4, -0.2) is 24.9 Å². The molecule has 8 rings (SSSR count). The van der Waals surface area contributed by atoms with E-state index in [0.29, 0.717) is 11.6 Å². The largest absolute Gasteiger partial charge is 0.256 e. The summed E-state index contributed by atoms with van der Waals surface area (Å²) in [5.74, 6) is 1.28. The molecule has 0 radical (unpaired) electrons. The van der Waals surface area contributed by atoms with Gasteiger partial charge in [-0.2, -0.15) is 0 Å². The molecule has 0 aliphatic carbocycles. The number of hydrogen-bond donors (Lipinski definition) is 0.